The SMILES string of the molecule is CCCCCCOC(=O)C(C(=O)c1c(C)cc(C)c(C)c1C)c1ccccc1.O=[PH3]. The van der Waals surface area contributed by atoms with E-state index in [0.29, 0.717) is 26.9 Å². The van der Waals surface area contributed by atoms with Gasteiger partial charge in [0, 0.05) is 5.56 Å². The molecule has 2 aromatic rings. The maximum Gasteiger partial charge on any atom is 0.321 e. The molecule has 0 heterocycles. The molecule has 0 radical (unpaired) electrons. The van der Waals surface area contributed by atoms with Crippen molar-refractivity contribution in [2.45, 2.75) is 66.2 Å². The van der Waals surface area contributed by atoms with E-state index in [1.165, 1.54) is 0 Å². The van der Waals surface area contributed by atoms with E-state index in [4.69, 9.17) is 9.30 Å². The van der Waals surface area contributed by atoms with Gasteiger partial charge in [0.2, 0.25) is 0 Å². The van der Waals surface area contributed by atoms with Crippen molar-refractivity contribution in [3.63, 3.8) is 0 Å². The van der Waals surface area contributed by atoms with E-state index in [1.54, 1.807) is 0 Å². The molecule has 0 aliphatic carbocycles. The van der Waals surface area contributed by atoms with Gasteiger partial charge in [0.25, 0.3) is 0 Å². The maximum absolute atomic E-state index is 13.5. The van der Waals surface area contributed by atoms with E-state index < -0.39 is 11.9 Å². The van der Waals surface area contributed by atoms with Crippen LogP contribution in [0.15, 0.2) is 36.4 Å². The van der Waals surface area contributed by atoms with Crippen LogP contribution in [-0.4, -0.2) is 18.4 Å². The highest BCUT2D eigenvalue weighted by molar-refractivity contribution is 7.00. The van der Waals surface area contributed by atoms with Gasteiger partial charge in [-0.05, 0) is 61.9 Å². The lowest BCUT2D eigenvalue weighted by atomic mass is 9.84. The number of carbonyl (C=O) groups is 2. The molecule has 2 aromatic carbocycles. The molecule has 0 spiro atoms. The Morgan fingerprint density at radius 1 is 0.900 bits per heavy atom. The molecule has 0 fully saturated rings. The number of carbonyl (C=O) groups excluding carboxylic acids is 2. The average molecular weight is 431 g/mol. The van der Waals surface area contributed by atoms with Gasteiger partial charge in [0.1, 0.15) is 5.92 Å². The minimum atomic E-state index is -0.924. The second kappa shape index (κ2) is 13.2. The summed E-state index contributed by atoms with van der Waals surface area (Å²) in [6, 6.07) is 11.3. The Labute approximate surface area is 182 Å². The normalized spacial score (nSPS) is 11.4. The zero-order valence-corrected chi connectivity index (χ0v) is 20.3. The smallest absolute Gasteiger partial charge is 0.321 e. The first kappa shape index (κ1) is 25.8. The number of ketones is 1. The van der Waals surface area contributed by atoms with Gasteiger partial charge < -0.3 is 9.30 Å². The first-order chi connectivity index (χ1) is 14.4. The van der Waals surface area contributed by atoms with Crippen LogP contribution in [0.4, 0.5) is 0 Å². The zero-order chi connectivity index (χ0) is 22.7. The average Bonchev–Trinajstić information content (AvgIpc) is 2.74. The van der Waals surface area contributed by atoms with E-state index in [2.05, 4.69) is 6.92 Å². The molecule has 0 N–H and O–H groups in total. The summed E-state index contributed by atoms with van der Waals surface area (Å²) in [5.41, 5.74) is 5.42. The number of hydrogen-bond donors (Lipinski definition) is 0. The first-order valence-corrected chi connectivity index (χ1v) is 11.1. The molecule has 2 rings (SSSR count). The van der Waals surface area contributed by atoms with Crippen LogP contribution in [-0.2, 0) is 14.1 Å². The minimum absolute atomic E-state index is 0.178. The third kappa shape index (κ3) is 6.67. The highest BCUT2D eigenvalue weighted by atomic mass is 31.0. The number of Topliss-reactive ketones (excluding diaryl/α,β-unsaturated/α-hetero) is 1. The van der Waals surface area contributed by atoms with Crippen LogP contribution in [0.3, 0.4) is 0 Å². The quantitative estimate of drug-likeness (QED) is 0.162. The summed E-state index contributed by atoms with van der Waals surface area (Å²) in [4.78, 5) is 26.4. The number of ether oxygens (including phenoxy) is 1. The van der Waals surface area contributed by atoms with Gasteiger partial charge in [-0.1, -0.05) is 62.6 Å². The third-order valence-electron chi connectivity index (χ3n) is 5.48. The number of esters is 1. The molecule has 0 bridgehead atoms. The van der Waals surface area contributed by atoms with Crippen molar-refractivity contribution in [2.75, 3.05) is 6.61 Å². The van der Waals surface area contributed by atoms with E-state index in [9.17, 15) is 9.59 Å². The summed E-state index contributed by atoms with van der Waals surface area (Å²) in [6.45, 7) is 10.5. The zero-order valence-electron chi connectivity index (χ0n) is 18.9. The Morgan fingerprint density at radius 2 is 1.53 bits per heavy atom. The van der Waals surface area contributed by atoms with Gasteiger partial charge in [-0.15, -0.1) is 0 Å². The summed E-state index contributed by atoms with van der Waals surface area (Å²) in [6.07, 6.45) is 4.12. The fourth-order valence-corrected chi connectivity index (χ4v) is 3.63. The predicted molar refractivity (Wildman–Crippen MR) is 126 cm³/mol. The third-order valence-corrected chi connectivity index (χ3v) is 5.48. The molecule has 2 unspecified atom stereocenters. The van der Waals surface area contributed by atoms with Crippen LogP contribution in [0.25, 0.3) is 0 Å². The van der Waals surface area contributed by atoms with Crippen molar-refractivity contribution in [3.8, 4) is 0 Å². The van der Waals surface area contributed by atoms with Crippen LogP contribution >= 0.6 is 9.12 Å². The second-order valence-electron chi connectivity index (χ2n) is 7.57. The van der Waals surface area contributed by atoms with Crippen LogP contribution in [0, 0.1) is 27.7 Å². The molecule has 0 aliphatic heterocycles. The number of hydrogen-bond acceptors (Lipinski definition) is 4. The van der Waals surface area contributed by atoms with Gasteiger partial charge in [-0.2, -0.15) is 0 Å². The Hall–Kier alpha value is -2.19. The monoisotopic (exact) mass is 430 g/mol. The van der Waals surface area contributed by atoms with Crippen molar-refractivity contribution < 1.29 is 18.9 Å². The van der Waals surface area contributed by atoms with E-state index in [0.717, 1.165) is 47.9 Å². The first-order valence-electron chi connectivity index (χ1n) is 10.5. The summed E-state index contributed by atoms with van der Waals surface area (Å²) in [5, 5.41) is 0. The van der Waals surface area contributed by atoms with Crippen molar-refractivity contribution in [1.82, 2.24) is 0 Å². The number of rotatable bonds is 9. The number of aryl methyl sites for hydroxylation is 2. The molecule has 0 amide bonds. The van der Waals surface area contributed by atoms with Gasteiger partial charge in [0.05, 0.1) is 15.7 Å². The summed E-state index contributed by atoms with van der Waals surface area (Å²) < 4.78 is 13.8. The molecule has 164 valence electrons. The lowest BCUT2D eigenvalue weighted by Crippen LogP contribution is -2.26. The molecule has 0 aromatic heterocycles. The Bertz CT molecular complexity index is 846. The van der Waals surface area contributed by atoms with Crippen LogP contribution in [0.5, 0.6) is 0 Å². The van der Waals surface area contributed by atoms with Crippen molar-refractivity contribution in [3.05, 3.63) is 69.8 Å². The second-order valence-corrected chi connectivity index (χ2v) is 7.57. The molecule has 0 saturated carbocycles. The molecule has 30 heavy (non-hydrogen) atoms. The fraction of sp³-hybridized carbons (Fsp3) is 0.440. The van der Waals surface area contributed by atoms with Gasteiger partial charge in [-0.25, -0.2) is 0 Å². The topological polar surface area (TPSA) is 60.4 Å². The largest absolute Gasteiger partial charge is 0.465 e. The van der Waals surface area contributed by atoms with E-state index in [-0.39, 0.29) is 5.78 Å². The van der Waals surface area contributed by atoms with Gasteiger partial charge in [0.15, 0.2) is 5.78 Å². The number of unbranched alkanes of at least 4 members (excludes halogenated alkanes) is 3. The van der Waals surface area contributed by atoms with Crippen molar-refractivity contribution >= 4 is 20.9 Å². The van der Waals surface area contributed by atoms with Gasteiger partial charge >= 0.3 is 5.97 Å². The molecular formula is C25H35O4P. The maximum atomic E-state index is 13.5. The van der Waals surface area contributed by atoms with Crippen LogP contribution < -0.4 is 0 Å². The van der Waals surface area contributed by atoms with Crippen molar-refractivity contribution in [2.24, 2.45) is 0 Å². The molecule has 4 nitrogen and oxygen atoms in total. The molecule has 0 aliphatic rings. The summed E-state index contributed by atoms with van der Waals surface area (Å²) >= 11 is 0. The molecule has 0 saturated heterocycles. The summed E-state index contributed by atoms with van der Waals surface area (Å²) in [5.74, 6) is -1.56. The number of benzene rings is 2. The van der Waals surface area contributed by atoms with Crippen LogP contribution in [0.2, 0.25) is 0 Å². The fourth-order valence-electron chi connectivity index (χ4n) is 3.63. The van der Waals surface area contributed by atoms with E-state index in [1.807, 2.05) is 64.1 Å². The summed E-state index contributed by atoms with van der Waals surface area (Å²) in [7, 11) is 0.611. The Balaban J connectivity index is 0.00000218. The standard InChI is InChI=1S/C25H32O3.H3OP/c1-6-7-8-12-15-28-25(27)23(21-13-10-9-11-14-21)24(26)22-18(3)16-17(2)19(4)20(22)5;1-2/h9-11,13-14,16,23H,6-8,12,15H2,1-5H3;2H3. The van der Waals surface area contributed by atoms with Crippen LogP contribution in [0.1, 0.15) is 76.7 Å². The Kier molecular flexibility index (Phi) is 11.4. The Morgan fingerprint density at radius 3 is 2.13 bits per heavy atom. The molecular weight excluding hydrogens is 395 g/mol. The van der Waals surface area contributed by atoms with Crippen molar-refractivity contribution in [1.29, 1.82) is 0 Å². The molecule has 5 heteroatoms. The van der Waals surface area contributed by atoms with E-state index >= 15 is 0 Å². The highest BCUT2D eigenvalue weighted by Crippen LogP contribution is 2.29. The lowest BCUT2D eigenvalue weighted by Gasteiger charge is -2.20. The lowest BCUT2D eigenvalue weighted by molar-refractivity contribution is -0.144. The molecule has 2 atom stereocenters. The minimum Gasteiger partial charge on any atom is -0.465 e. The predicted octanol–water partition coefficient (Wildman–Crippen LogP) is 5.95. The highest BCUT2D eigenvalue weighted by Gasteiger charge is 2.33. The van der Waals surface area contributed by atoms with Gasteiger partial charge in [-0.3, -0.25) is 9.59 Å².